The molecule has 0 saturated heterocycles. The third-order valence-electron chi connectivity index (χ3n) is 3.73. The number of ether oxygens (including phenoxy) is 2. The number of halogens is 2. The lowest BCUT2D eigenvalue weighted by Crippen LogP contribution is -2.41. The number of hydrogen-bond donors (Lipinski definition) is 2. The van der Waals surface area contributed by atoms with Crippen molar-refractivity contribution in [3.8, 4) is 11.5 Å². The summed E-state index contributed by atoms with van der Waals surface area (Å²) < 4.78 is 24.1. The van der Waals surface area contributed by atoms with Crippen molar-refractivity contribution in [2.45, 2.75) is 0 Å². The Labute approximate surface area is 162 Å². The van der Waals surface area contributed by atoms with Crippen LogP contribution in [0.3, 0.4) is 0 Å². The normalized spacial score (nSPS) is 10.5. The number of thiophene rings is 1. The van der Waals surface area contributed by atoms with Gasteiger partial charge in [-0.1, -0.05) is 11.6 Å². The summed E-state index contributed by atoms with van der Waals surface area (Å²) in [6.45, 7) is 0. The van der Waals surface area contributed by atoms with E-state index in [0.717, 1.165) is 11.3 Å². The molecule has 9 heteroatoms. The van der Waals surface area contributed by atoms with Crippen LogP contribution in [0.4, 0.5) is 4.39 Å². The second-order valence-electron chi connectivity index (χ2n) is 5.36. The highest BCUT2D eigenvalue weighted by Crippen LogP contribution is 2.35. The van der Waals surface area contributed by atoms with E-state index in [9.17, 15) is 14.0 Å². The Bertz CT molecular complexity index is 1040. The number of carbonyl (C=O) groups excluding carboxylic acids is 2. The first-order valence-corrected chi connectivity index (χ1v) is 8.84. The number of carbonyl (C=O) groups is 2. The van der Waals surface area contributed by atoms with Crippen molar-refractivity contribution in [3.05, 3.63) is 57.7 Å². The molecule has 0 aliphatic carbocycles. The molecule has 0 radical (unpaired) electrons. The largest absolute Gasteiger partial charge is 0.493 e. The van der Waals surface area contributed by atoms with Crippen LogP contribution in [-0.2, 0) is 0 Å². The molecule has 0 bridgehead atoms. The molecule has 140 valence electrons. The van der Waals surface area contributed by atoms with Crippen molar-refractivity contribution in [3.63, 3.8) is 0 Å². The highest BCUT2D eigenvalue weighted by atomic mass is 35.5. The first kappa shape index (κ1) is 18.9. The second kappa shape index (κ2) is 7.81. The molecular formula is C18H14ClFN2O4S. The van der Waals surface area contributed by atoms with Crippen molar-refractivity contribution in [1.29, 1.82) is 0 Å². The Balaban J connectivity index is 1.74. The van der Waals surface area contributed by atoms with Gasteiger partial charge in [0.2, 0.25) is 0 Å². The van der Waals surface area contributed by atoms with Crippen LogP contribution >= 0.6 is 22.9 Å². The summed E-state index contributed by atoms with van der Waals surface area (Å²) in [5.41, 5.74) is 4.87. The fourth-order valence-electron chi connectivity index (χ4n) is 2.40. The van der Waals surface area contributed by atoms with E-state index in [1.165, 1.54) is 44.6 Å². The molecule has 0 unspecified atom stereocenters. The topological polar surface area (TPSA) is 76.7 Å². The number of amides is 2. The van der Waals surface area contributed by atoms with E-state index < -0.39 is 17.6 Å². The van der Waals surface area contributed by atoms with Crippen molar-refractivity contribution >= 4 is 44.8 Å². The van der Waals surface area contributed by atoms with Crippen molar-refractivity contribution < 1.29 is 23.5 Å². The maximum absolute atomic E-state index is 13.3. The third-order valence-corrected chi connectivity index (χ3v) is 5.39. The van der Waals surface area contributed by atoms with Gasteiger partial charge < -0.3 is 9.47 Å². The molecule has 2 N–H and O–H groups in total. The number of hydrogen-bond acceptors (Lipinski definition) is 5. The molecule has 2 aromatic carbocycles. The molecule has 2 amide bonds. The summed E-state index contributed by atoms with van der Waals surface area (Å²) in [5, 5.41) is 0.771. The summed E-state index contributed by atoms with van der Waals surface area (Å²) in [7, 11) is 2.94. The summed E-state index contributed by atoms with van der Waals surface area (Å²) >= 11 is 7.23. The molecule has 3 aromatic rings. The Kier molecular flexibility index (Phi) is 5.48. The molecule has 0 saturated carbocycles. The lowest BCUT2D eigenvalue weighted by atomic mass is 10.2. The Morgan fingerprint density at radius 1 is 1.00 bits per heavy atom. The van der Waals surface area contributed by atoms with E-state index in [0.29, 0.717) is 21.6 Å². The number of hydrazine groups is 1. The van der Waals surface area contributed by atoms with Gasteiger partial charge in [0.25, 0.3) is 11.8 Å². The third kappa shape index (κ3) is 3.81. The highest BCUT2D eigenvalue weighted by Gasteiger charge is 2.18. The molecular weight excluding hydrogens is 395 g/mol. The van der Waals surface area contributed by atoms with Crippen LogP contribution in [0.25, 0.3) is 10.1 Å². The average Bonchev–Trinajstić information content (AvgIpc) is 3.00. The molecule has 0 aliphatic rings. The second-order valence-corrected chi connectivity index (χ2v) is 6.79. The van der Waals surface area contributed by atoms with Crippen LogP contribution in [0, 0.1) is 5.82 Å². The van der Waals surface area contributed by atoms with Gasteiger partial charge >= 0.3 is 0 Å². The summed E-state index contributed by atoms with van der Waals surface area (Å²) in [6.07, 6.45) is 0. The molecule has 0 spiro atoms. The maximum Gasteiger partial charge on any atom is 0.281 e. The van der Waals surface area contributed by atoms with Gasteiger partial charge in [-0.2, -0.15) is 0 Å². The fraction of sp³-hybridized carbons (Fsp3) is 0.111. The number of benzene rings is 2. The maximum atomic E-state index is 13.3. The summed E-state index contributed by atoms with van der Waals surface area (Å²) in [4.78, 5) is 24.8. The monoisotopic (exact) mass is 408 g/mol. The smallest absolute Gasteiger partial charge is 0.281 e. The number of rotatable bonds is 4. The zero-order valence-corrected chi connectivity index (χ0v) is 15.8. The van der Waals surface area contributed by atoms with Crippen molar-refractivity contribution in [2.24, 2.45) is 0 Å². The number of methoxy groups -OCH3 is 2. The van der Waals surface area contributed by atoms with Crippen LogP contribution in [0.5, 0.6) is 11.5 Å². The zero-order chi connectivity index (χ0) is 19.6. The van der Waals surface area contributed by atoms with Gasteiger partial charge in [-0.25, -0.2) is 4.39 Å². The molecule has 6 nitrogen and oxygen atoms in total. The van der Waals surface area contributed by atoms with Crippen molar-refractivity contribution in [2.75, 3.05) is 14.2 Å². The van der Waals surface area contributed by atoms with Gasteiger partial charge in [0, 0.05) is 15.6 Å². The van der Waals surface area contributed by atoms with Gasteiger partial charge in [-0.15, -0.1) is 11.3 Å². The Morgan fingerprint density at radius 2 is 1.70 bits per heavy atom. The van der Waals surface area contributed by atoms with E-state index in [2.05, 4.69) is 10.9 Å². The first-order chi connectivity index (χ1) is 12.9. The minimum absolute atomic E-state index is 0.171. The molecule has 3 rings (SSSR count). The average molecular weight is 409 g/mol. The van der Waals surface area contributed by atoms with Gasteiger partial charge in [-0.05, 0) is 36.4 Å². The molecule has 0 fully saturated rings. The Morgan fingerprint density at radius 3 is 2.41 bits per heavy atom. The standard InChI is InChI=1S/C18H14ClFN2O4S/c1-25-12-6-3-9(7-13(12)26-2)17(23)21-22-18(24)16-15(19)11-5-4-10(20)8-14(11)27-16/h3-8H,1-2H3,(H,21,23)(H,22,24). The minimum Gasteiger partial charge on any atom is -0.493 e. The predicted molar refractivity (Wildman–Crippen MR) is 101 cm³/mol. The minimum atomic E-state index is -0.601. The van der Waals surface area contributed by atoms with E-state index in [1.807, 2.05) is 0 Å². The number of nitrogens with one attached hydrogen (secondary N) is 2. The van der Waals surface area contributed by atoms with E-state index >= 15 is 0 Å². The van der Waals surface area contributed by atoms with Gasteiger partial charge in [0.05, 0.1) is 19.2 Å². The number of fused-ring (bicyclic) bond motifs is 1. The van der Waals surface area contributed by atoms with Crippen LogP contribution in [0.1, 0.15) is 20.0 Å². The van der Waals surface area contributed by atoms with E-state index in [-0.39, 0.29) is 15.5 Å². The van der Waals surface area contributed by atoms with Crippen LogP contribution in [0.15, 0.2) is 36.4 Å². The van der Waals surface area contributed by atoms with Gasteiger partial charge in [0.1, 0.15) is 10.7 Å². The van der Waals surface area contributed by atoms with Crippen LogP contribution in [0.2, 0.25) is 5.02 Å². The zero-order valence-electron chi connectivity index (χ0n) is 14.3. The summed E-state index contributed by atoms with van der Waals surface area (Å²) in [5.74, 6) is -0.717. The highest BCUT2D eigenvalue weighted by molar-refractivity contribution is 7.21. The van der Waals surface area contributed by atoms with Gasteiger partial charge in [0.15, 0.2) is 11.5 Å². The van der Waals surface area contributed by atoms with E-state index in [1.54, 1.807) is 6.07 Å². The van der Waals surface area contributed by atoms with Crippen LogP contribution in [-0.4, -0.2) is 26.0 Å². The fourth-order valence-corrected chi connectivity index (χ4v) is 3.84. The molecule has 27 heavy (non-hydrogen) atoms. The van der Waals surface area contributed by atoms with Crippen LogP contribution < -0.4 is 20.3 Å². The molecule has 1 aromatic heterocycles. The molecule has 0 atom stereocenters. The summed E-state index contributed by atoms with van der Waals surface area (Å²) in [6, 6.07) is 8.65. The SMILES string of the molecule is COc1ccc(C(=O)NNC(=O)c2sc3cc(F)ccc3c2Cl)cc1OC. The molecule has 1 heterocycles. The van der Waals surface area contributed by atoms with Gasteiger partial charge in [-0.3, -0.25) is 20.4 Å². The first-order valence-electron chi connectivity index (χ1n) is 7.65. The lowest BCUT2D eigenvalue weighted by Gasteiger charge is -2.10. The lowest BCUT2D eigenvalue weighted by molar-refractivity contribution is 0.0849. The molecule has 0 aliphatic heterocycles. The predicted octanol–water partition coefficient (Wildman–Crippen LogP) is 3.79. The van der Waals surface area contributed by atoms with E-state index in [4.69, 9.17) is 21.1 Å². The van der Waals surface area contributed by atoms with Crippen molar-refractivity contribution in [1.82, 2.24) is 10.9 Å². The Hall–Kier alpha value is -2.84. The quantitative estimate of drug-likeness (QED) is 0.644.